The number of halogens is 1. The second-order valence-corrected chi connectivity index (χ2v) is 6.82. The molecule has 2 aromatic rings. The lowest BCUT2D eigenvalue weighted by atomic mass is 10.2. The lowest BCUT2D eigenvalue weighted by molar-refractivity contribution is 0.462. The first-order chi connectivity index (χ1) is 9.84. The van der Waals surface area contributed by atoms with Gasteiger partial charge in [-0.25, -0.2) is 12.8 Å². The van der Waals surface area contributed by atoms with Crippen LogP contribution in [0.4, 0.5) is 4.39 Å². The fourth-order valence-electron chi connectivity index (χ4n) is 1.85. The van der Waals surface area contributed by atoms with Gasteiger partial charge in [0.15, 0.2) is 0 Å². The zero-order chi connectivity index (χ0) is 15.6. The third-order valence-corrected chi connectivity index (χ3v) is 4.95. The summed E-state index contributed by atoms with van der Waals surface area (Å²) >= 11 is 4.75. The molecule has 21 heavy (non-hydrogen) atoms. The molecule has 0 radical (unpaired) electrons. The fraction of sp³-hybridized carbons (Fsp3) is 0.154. The summed E-state index contributed by atoms with van der Waals surface area (Å²) in [6, 6.07) is 5.34. The molecule has 0 bridgehead atoms. The normalized spacial score (nSPS) is 11.8. The molecule has 0 saturated heterocycles. The number of benzene rings is 1. The average Bonchev–Trinajstić information content (AvgIpc) is 2.90. The Balaban J connectivity index is 2.44. The van der Waals surface area contributed by atoms with E-state index in [2.05, 4.69) is 0 Å². The van der Waals surface area contributed by atoms with E-state index in [1.54, 1.807) is 6.07 Å². The number of rotatable bonds is 5. The van der Waals surface area contributed by atoms with Crippen molar-refractivity contribution in [2.45, 2.75) is 11.4 Å². The van der Waals surface area contributed by atoms with Crippen molar-refractivity contribution < 1.29 is 17.2 Å². The van der Waals surface area contributed by atoms with E-state index in [0.29, 0.717) is 5.56 Å². The molecule has 2 N–H and O–H groups in total. The van der Waals surface area contributed by atoms with Crippen molar-refractivity contribution in [3.63, 3.8) is 0 Å². The van der Waals surface area contributed by atoms with E-state index < -0.39 is 15.8 Å². The first-order valence-electron chi connectivity index (χ1n) is 5.89. The molecule has 0 spiro atoms. The van der Waals surface area contributed by atoms with Crippen LogP contribution in [0.3, 0.4) is 0 Å². The Bertz CT molecular complexity index is 758. The zero-order valence-corrected chi connectivity index (χ0v) is 12.7. The maximum atomic E-state index is 13.8. The van der Waals surface area contributed by atoms with Crippen molar-refractivity contribution in [1.82, 2.24) is 4.31 Å². The molecule has 112 valence electrons. The van der Waals surface area contributed by atoms with Crippen molar-refractivity contribution in [3.05, 3.63) is 53.7 Å². The minimum Gasteiger partial charge on any atom is -0.472 e. The van der Waals surface area contributed by atoms with Gasteiger partial charge >= 0.3 is 0 Å². The molecule has 2 rings (SSSR count). The van der Waals surface area contributed by atoms with Gasteiger partial charge in [-0.3, -0.25) is 0 Å². The van der Waals surface area contributed by atoms with Gasteiger partial charge in [0, 0.05) is 19.2 Å². The maximum absolute atomic E-state index is 13.8. The third-order valence-electron chi connectivity index (χ3n) is 2.90. The maximum Gasteiger partial charge on any atom is 0.243 e. The highest BCUT2D eigenvalue weighted by Crippen LogP contribution is 2.23. The zero-order valence-electron chi connectivity index (χ0n) is 11.1. The Morgan fingerprint density at radius 2 is 2.14 bits per heavy atom. The molecule has 1 aromatic carbocycles. The molecule has 0 atom stereocenters. The Kier molecular flexibility index (Phi) is 4.40. The van der Waals surface area contributed by atoms with E-state index in [4.69, 9.17) is 22.4 Å². The SMILES string of the molecule is CN(Cc1ccoc1)S(=O)(=O)c1cccc(F)c1C(N)=S. The van der Waals surface area contributed by atoms with Crippen LogP contribution in [-0.2, 0) is 16.6 Å². The summed E-state index contributed by atoms with van der Waals surface area (Å²) in [4.78, 5) is -0.551. The number of nitrogens with zero attached hydrogens (tertiary/aromatic N) is 1. The molecule has 0 amide bonds. The smallest absolute Gasteiger partial charge is 0.243 e. The molecule has 0 saturated carbocycles. The first-order valence-corrected chi connectivity index (χ1v) is 7.74. The van der Waals surface area contributed by atoms with Gasteiger partial charge in [0.1, 0.15) is 10.8 Å². The molecule has 5 nitrogen and oxygen atoms in total. The van der Waals surface area contributed by atoms with E-state index in [1.165, 1.54) is 31.7 Å². The summed E-state index contributed by atoms with van der Waals surface area (Å²) < 4.78 is 44.9. The molecule has 1 aromatic heterocycles. The number of hydrogen-bond donors (Lipinski definition) is 1. The standard InChI is InChI=1S/C13H13FN2O3S2/c1-16(7-9-5-6-19-8-9)21(17,18)11-4-2-3-10(14)12(11)13(15)20/h2-6,8H,7H2,1H3,(H2,15,20). The van der Waals surface area contributed by atoms with Gasteiger partial charge in [-0.05, 0) is 18.2 Å². The molecular formula is C13H13FN2O3S2. The van der Waals surface area contributed by atoms with Gasteiger partial charge in [-0.15, -0.1) is 0 Å². The third kappa shape index (κ3) is 3.12. The lowest BCUT2D eigenvalue weighted by Crippen LogP contribution is -2.29. The number of thiocarbonyl (C=S) groups is 1. The predicted octanol–water partition coefficient (Wildman–Crippen LogP) is 1.87. The number of nitrogens with two attached hydrogens (primary N) is 1. The summed E-state index contributed by atoms with van der Waals surface area (Å²) in [7, 11) is -2.54. The van der Waals surface area contributed by atoms with Gasteiger partial charge < -0.3 is 10.2 Å². The van der Waals surface area contributed by atoms with E-state index in [9.17, 15) is 12.8 Å². The summed E-state index contributed by atoms with van der Waals surface area (Å²) in [5.74, 6) is -0.764. The predicted molar refractivity (Wildman–Crippen MR) is 79.6 cm³/mol. The van der Waals surface area contributed by atoms with Gasteiger partial charge in [0.25, 0.3) is 0 Å². The van der Waals surface area contributed by atoms with Gasteiger partial charge in [0.05, 0.1) is 23.0 Å². The number of hydrogen-bond acceptors (Lipinski definition) is 4. The largest absolute Gasteiger partial charge is 0.472 e. The van der Waals surface area contributed by atoms with Crippen LogP contribution in [0.5, 0.6) is 0 Å². The monoisotopic (exact) mass is 328 g/mol. The highest BCUT2D eigenvalue weighted by atomic mass is 32.2. The Hall–Kier alpha value is -1.77. The molecule has 0 aliphatic carbocycles. The van der Waals surface area contributed by atoms with Crippen molar-refractivity contribution in [3.8, 4) is 0 Å². The van der Waals surface area contributed by atoms with Crippen LogP contribution < -0.4 is 5.73 Å². The second kappa shape index (κ2) is 5.92. The number of furan rings is 1. The summed E-state index contributed by atoms with van der Waals surface area (Å²) in [6.45, 7) is 0.0894. The summed E-state index contributed by atoms with van der Waals surface area (Å²) in [5, 5.41) is 0. The van der Waals surface area contributed by atoms with Crippen LogP contribution in [0.2, 0.25) is 0 Å². The van der Waals surface area contributed by atoms with Crippen LogP contribution >= 0.6 is 12.2 Å². The second-order valence-electron chi connectivity index (χ2n) is 4.37. The quantitative estimate of drug-likeness (QED) is 0.848. The van der Waals surface area contributed by atoms with Crippen molar-refractivity contribution >= 4 is 27.2 Å². The van der Waals surface area contributed by atoms with Crippen molar-refractivity contribution in [2.75, 3.05) is 7.05 Å². The van der Waals surface area contributed by atoms with E-state index in [-0.39, 0.29) is 22.0 Å². The van der Waals surface area contributed by atoms with Crippen LogP contribution in [0.15, 0.2) is 46.1 Å². The topological polar surface area (TPSA) is 76.5 Å². The van der Waals surface area contributed by atoms with Gasteiger partial charge in [-0.2, -0.15) is 4.31 Å². The minimum atomic E-state index is -3.93. The Labute approximate surface area is 127 Å². The lowest BCUT2D eigenvalue weighted by Gasteiger charge is -2.18. The van der Waals surface area contributed by atoms with E-state index in [0.717, 1.165) is 10.4 Å². The molecule has 0 unspecified atom stereocenters. The Morgan fingerprint density at radius 1 is 1.43 bits per heavy atom. The van der Waals surface area contributed by atoms with Gasteiger partial charge in [0.2, 0.25) is 10.0 Å². The first kappa shape index (κ1) is 15.6. The average molecular weight is 328 g/mol. The summed E-state index contributed by atoms with van der Waals surface area (Å²) in [5.41, 5.74) is 5.85. The molecule has 8 heteroatoms. The number of sulfonamides is 1. The molecule has 1 heterocycles. The molecule has 0 fully saturated rings. The van der Waals surface area contributed by atoms with Gasteiger partial charge in [-0.1, -0.05) is 18.3 Å². The van der Waals surface area contributed by atoms with E-state index in [1.807, 2.05) is 0 Å². The van der Waals surface area contributed by atoms with Crippen LogP contribution in [0.1, 0.15) is 11.1 Å². The molecule has 0 aliphatic rings. The van der Waals surface area contributed by atoms with Crippen LogP contribution in [0, 0.1) is 5.82 Å². The highest BCUT2D eigenvalue weighted by Gasteiger charge is 2.27. The Morgan fingerprint density at radius 3 is 2.71 bits per heavy atom. The highest BCUT2D eigenvalue weighted by molar-refractivity contribution is 7.89. The fourth-order valence-corrected chi connectivity index (χ4v) is 3.49. The van der Waals surface area contributed by atoms with Crippen LogP contribution in [-0.4, -0.2) is 24.8 Å². The molecule has 0 aliphatic heterocycles. The van der Waals surface area contributed by atoms with E-state index >= 15 is 0 Å². The van der Waals surface area contributed by atoms with Crippen molar-refractivity contribution in [2.24, 2.45) is 5.73 Å². The summed E-state index contributed by atoms with van der Waals surface area (Å²) in [6.07, 6.45) is 2.88. The van der Waals surface area contributed by atoms with Crippen molar-refractivity contribution in [1.29, 1.82) is 0 Å². The van der Waals surface area contributed by atoms with Crippen LogP contribution in [0.25, 0.3) is 0 Å². The minimum absolute atomic E-state index is 0.0894. The molecular weight excluding hydrogens is 315 g/mol.